The Balaban J connectivity index is 1.45. The van der Waals surface area contributed by atoms with Gasteiger partial charge >= 0.3 is 0 Å². The van der Waals surface area contributed by atoms with E-state index in [1.54, 1.807) is 0 Å². The minimum absolute atomic E-state index is 0.118. The van der Waals surface area contributed by atoms with Crippen molar-refractivity contribution in [3.05, 3.63) is 54.3 Å². The zero-order valence-corrected chi connectivity index (χ0v) is 15.7. The number of piperidine rings is 1. The van der Waals surface area contributed by atoms with Crippen LogP contribution in [0.15, 0.2) is 48.5 Å². The molecule has 2 aromatic rings. The Morgan fingerprint density at radius 3 is 2.25 bits per heavy atom. The fourth-order valence-corrected chi connectivity index (χ4v) is 3.99. The molecule has 0 spiro atoms. The van der Waals surface area contributed by atoms with Crippen molar-refractivity contribution in [2.45, 2.75) is 38.1 Å². The smallest absolute Gasteiger partial charge is 0.247 e. The van der Waals surface area contributed by atoms with Crippen molar-refractivity contribution in [3.63, 3.8) is 0 Å². The van der Waals surface area contributed by atoms with Crippen LogP contribution >= 0.6 is 0 Å². The number of rotatable bonds is 4. The van der Waals surface area contributed by atoms with Gasteiger partial charge in [0.25, 0.3) is 0 Å². The first kappa shape index (κ1) is 18.5. The number of halogens is 1. The lowest BCUT2D eigenvalue weighted by atomic mass is 10.1. The van der Waals surface area contributed by atoms with E-state index in [-0.39, 0.29) is 17.6 Å². The highest BCUT2D eigenvalue weighted by Gasteiger charge is 2.37. The second-order valence-electron chi connectivity index (χ2n) is 7.38. The maximum Gasteiger partial charge on any atom is 0.247 e. The summed E-state index contributed by atoms with van der Waals surface area (Å²) in [6.07, 6.45) is 4.48. The summed E-state index contributed by atoms with van der Waals surface area (Å²) >= 11 is 0. The third-order valence-electron chi connectivity index (χ3n) is 5.48. The van der Waals surface area contributed by atoms with Crippen LogP contribution in [0.3, 0.4) is 0 Å². The number of carbonyl (C=O) groups excluding carboxylic acids is 2. The van der Waals surface area contributed by atoms with Crippen LogP contribution in [0.1, 0.15) is 32.1 Å². The van der Waals surface area contributed by atoms with E-state index in [4.69, 9.17) is 0 Å². The van der Waals surface area contributed by atoms with Gasteiger partial charge in [-0.25, -0.2) is 4.39 Å². The van der Waals surface area contributed by atoms with Gasteiger partial charge in [-0.1, -0.05) is 0 Å². The van der Waals surface area contributed by atoms with Crippen LogP contribution in [-0.2, 0) is 9.59 Å². The highest BCUT2D eigenvalue weighted by Crippen LogP contribution is 2.28. The van der Waals surface area contributed by atoms with Crippen molar-refractivity contribution in [2.75, 3.05) is 28.2 Å². The summed E-state index contributed by atoms with van der Waals surface area (Å²) in [7, 11) is 0. The van der Waals surface area contributed by atoms with Crippen molar-refractivity contribution in [2.24, 2.45) is 0 Å². The molecular formula is C22H24FN3O2. The first-order valence-electron chi connectivity index (χ1n) is 9.85. The summed E-state index contributed by atoms with van der Waals surface area (Å²) in [5, 5.41) is 2.92. The fourth-order valence-electron chi connectivity index (χ4n) is 3.99. The maximum atomic E-state index is 13.2. The second kappa shape index (κ2) is 8.00. The van der Waals surface area contributed by atoms with Crippen molar-refractivity contribution in [1.82, 2.24) is 0 Å². The lowest BCUT2D eigenvalue weighted by Gasteiger charge is -2.29. The number of nitrogens with one attached hydrogen (secondary N) is 1. The van der Waals surface area contributed by atoms with Gasteiger partial charge in [-0.3, -0.25) is 14.5 Å². The molecule has 4 rings (SSSR count). The van der Waals surface area contributed by atoms with E-state index < -0.39 is 6.04 Å². The maximum absolute atomic E-state index is 13.2. The van der Waals surface area contributed by atoms with Gasteiger partial charge < -0.3 is 10.2 Å². The number of hydrogen-bond donors (Lipinski definition) is 1. The van der Waals surface area contributed by atoms with Crippen molar-refractivity contribution in [3.8, 4) is 0 Å². The van der Waals surface area contributed by atoms with Gasteiger partial charge in [-0.2, -0.15) is 0 Å². The highest BCUT2D eigenvalue weighted by atomic mass is 19.1. The van der Waals surface area contributed by atoms with E-state index >= 15 is 0 Å². The van der Waals surface area contributed by atoms with Crippen LogP contribution < -0.4 is 15.1 Å². The van der Waals surface area contributed by atoms with Gasteiger partial charge in [0.15, 0.2) is 0 Å². The molecule has 0 radical (unpaired) electrons. The number of nitrogens with zero attached hydrogens (tertiary/aromatic N) is 2. The molecule has 1 N–H and O–H groups in total. The first-order chi connectivity index (χ1) is 13.6. The minimum Gasteiger partial charge on any atom is -0.372 e. The molecule has 2 aliphatic rings. The van der Waals surface area contributed by atoms with E-state index in [0.717, 1.165) is 13.1 Å². The van der Waals surface area contributed by atoms with Crippen LogP contribution in [0.25, 0.3) is 0 Å². The number of anilines is 3. The molecule has 5 nitrogen and oxygen atoms in total. The van der Waals surface area contributed by atoms with Crippen LogP contribution in [0.2, 0.25) is 0 Å². The second-order valence-corrected chi connectivity index (χ2v) is 7.38. The molecule has 2 aromatic carbocycles. The van der Waals surface area contributed by atoms with E-state index in [0.29, 0.717) is 24.2 Å². The van der Waals surface area contributed by atoms with E-state index in [9.17, 15) is 14.0 Å². The van der Waals surface area contributed by atoms with Crippen molar-refractivity contribution in [1.29, 1.82) is 0 Å². The molecule has 2 amide bonds. The number of hydrogen-bond acceptors (Lipinski definition) is 3. The molecule has 28 heavy (non-hydrogen) atoms. The Kier molecular flexibility index (Phi) is 5.28. The first-order valence-corrected chi connectivity index (χ1v) is 9.85. The van der Waals surface area contributed by atoms with E-state index in [1.165, 1.54) is 54.1 Å². The summed E-state index contributed by atoms with van der Waals surface area (Å²) in [5.41, 5.74) is 2.43. The van der Waals surface area contributed by atoms with Crippen molar-refractivity contribution < 1.29 is 14.0 Å². The summed E-state index contributed by atoms with van der Waals surface area (Å²) < 4.78 is 13.2. The monoisotopic (exact) mass is 381 g/mol. The average Bonchev–Trinajstić information content (AvgIpc) is 3.11. The van der Waals surface area contributed by atoms with Crippen LogP contribution in [0.5, 0.6) is 0 Å². The molecule has 1 atom stereocenters. The Labute approximate surface area is 164 Å². The van der Waals surface area contributed by atoms with Crippen LogP contribution in [0.4, 0.5) is 21.5 Å². The molecule has 2 heterocycles. The fraction of sp³-hybridized carbons (Fsp3) is 0.364. The lowest BCUT2D eigenvalue weighted by molar-refractivity contribution is -0.120. The SMILES string of the molecule is O=C(Nc1ccc(N2CCCCC2)cc1)C1CCC(=O)N1c1ccc(F)cc1. The summed E-state index contributed by atoms with van der Waals surface area (Å²) in [5.74, 6) is -0.710. The molecule has 146 valence electrons. The standard InChI is InChI=1S/C22H24FN3O2/c23-16-4-8-19(9-5-16)26-20(12-13-21(26)27)22(28)24-17-6-10-18(11-7-17)25-14-2-1-3-15-25/h4-11,20H,1-3,12-15H2,(H,24,28). The Hall–Kier alpha value is -2.89. The van der Waals surface area contributed by atoms with Gasteiger partial charge in [0.1, 0.15) is 11.9 Å². The zero-order valence-electron chi connectivity index (χ0n) is 15.7. The minimum atomic E-state index is -0.584. The van der Waals surface area contributed by atoms with Crippen molar-refractivity contribution >= 4 is 28.9 Å². The molecule has 6 heteroatoms. The molecule has 0 aromatic heterocycles. The predicted molar refractivity (Wildman–Crippen MR) is 108 cm³/mol. The van der Waals surface area contributed by atoms with Gasteiger partial charge in [-0.05, 0) is 74.2 Å². The number of carbonyl (C=O) groups is 2. The van der Waals surface area contributed by atoms with E-state index in [2.05, 4.69) is 10.2 Å². The summed E-state index contributed by atoms with van der Waals surface area (Å²) in [6.45, 7) is 2.14. The normalized spacial score (nSPS) is 19.8. The molecule has 2 fully saturated rings. The molecule has 2 aliphatic heterocycles. The largest absolute Gasteiger partial charge is 0.372 e. The molecule has 0 bridgehead atoms. The van der Waals surface area contributed by atoms with Gasteiger partial charge in [0, 0.05) is 36.6 Å². The summed E-state index contributed by atoms with van der Waals surface area (Å²) in [6, 6.07) is 12.9. The third-order valence-corrected chi connectivity index (χ3v) is 5.48. The van der Waals surface area contributed by atoms with Gasteiger partial charge in [0.05, 0.1) is 0 Å². The predicted octanol–water partition coefficient (Wildman–Crippen LogP) is 3.95. The summed E-state index contributed by atoms with van der Waals surface area (Å²) in [4.78, 5) is 28.9. The molecule has 1 unspecified atom stereocenters. The third kappa shape index (κ3) is 3.86. The molecule has 0 saturated carbocycles. The van der Waals surface area contributed by atoms with E-state index in [1.807, 2.05) is 24.3 Å². The highest BCUT2D eigenvalue weighted by molar-refractivity contribution is 6.07. The van der Waals surface area contributed by atoms with Gasteiger partial charge in [0.2, 0.25) is 11.8 Å². The molecule has 2 saturated heterocycles. The Bertz CT molecular complexity index is 845. The quantitative estimate of drug-likeness (QED) is 0.873. The number of amides is 2. The topological polar surface area (TPSA) is 52.7 Å². The van der Waals surface area contributed by atoms with Gasteiger partial charge in [-0.15, -0.1) is 0 Å². The zero-order chi connectivity index (χ0) is 19.5. The Morgan fingerprint density at radius 1 is 0.929 bits per heavy atom. The number of benzene rings is 2. The average molecular weight is 381 g/mol. The molecular weight excluding hydrogens is 357 g/mol. The van der Waals surface area contributed by atoms with Crippen LogP contribution in [0, 0.1) is 5.82 Å². The van der Waals surface area contributed by atoms with Crippen LogP contribution in [-0.4, -0.2) is 30.9 Å². The lowest BCUT2D eigenvalue weighted by Crippen LogP contribution is -2.41. The Morgan fingerprint density at radius 2 is 1.57 bits per heavy atom. The molecule has 0 aliphatic carbocycles.